The van der Waals surface area contributed by atoms with E-state index in [0.29, 0.717) is 24.7 Å². The molecule has 2 heterocycles. The minimum Gasteiger partial charge on any atom is -0.496 e. The maximum Gasteiger partial charge on any atom is 0.274 e. The number of H-pyrrole nitrogens is 1. The number of halogens is 1. The van der Waals surface area contributed by atoms with Gasteiger partial charge in [0.05, 0.1) is 7.11 Å². The number of nitrogens with one attached hydrogen (secondary N) is 2. The van der Waals surface area contributed by atoms with E-state index in [1.165, 1.54) is 10.6 Å². The number of methoxy groups -OCH3 is 1. The van der Waals surface area contributed by atoms with E-state index in [1.807, 2.05) is 25.1 Å². The lowest BCUT2D eigenvalue weighted by molar-refractivity contribution is 0.410. The van der Waals surface area contributed by atoms with Crippen LogP contribution in [0.1, 0.15) is 18.2 Å². The van der Waals surface area contributed by atoms with Gasteiger partial charge in [-0.25, -0.2) is 4.98 Å². The fourth-order valence-corrected chi connectivity index (χ4v) is 2.66. The Morgan fingerprint density at radius 1 is 1.35 bits per heavy atom. The Hall–Kier alpha value is -2.35. The first-order valence-electron chi connectivity index (χ1n) is 7.15. The Balaban J connectivity index is 1.86. The number of aromatic nitrogens is 4. The molecule has 0 aliphatic heterocycles. The molecule has 2 N–H and O–H groups in total. The van der Waals surface area contributed by atoms with Gasteiger partial charge >= 0.3 is 0 Å². The molecule has 0 unspecified atom stereocenters. The third-order valence-corrected chi connectivity index (χ3v) is 3.93. The summed E-state index contributed by atoms with van der Waals surface area (Å²) in [6.45, 7) is 2.45. The molecule has 0 bridgehead atoms. The first-order chi connectivity index (χ1) is 11.1. The van der Waals surface area contributed by atoms with Crippen LogP contribution in [0.5, 0.6) is 5.75 Å². The van der Waals surface area contributed by atoms with Crippen molar-refractivity contribution in [2.75, 3.05) is 12.4 Å². The van der Waals surface area contributed by atoms with Gasteiger partial charge in [-0.1, -0.05) is 22.9 Å². The van der Waals surface area contributed by atoms with Gasteiger partial charge in [-0.2, -0.15) is 9.50 Å². The summed E-state index contributed by atoms with van der Waals surface area (Å²) >= 11 is 3.44. The molecule has 0 aliphatic carbocycles. The average molecular weight is 378 g/mol. The van der Waals surface area contributed by atoms with Gasteiger partial charge in [0, 0.05) is 28.3 Å². The number of ether oxygens (including phenoxy) is 1. The van der Waals surface area contributed by atoms with Gasteiger partial charge < -0.3 is 10.1 Å². The minimum absolute atomic E-state index is 0.174. The highest BCUT2D eigenvalue weighted by Crippen LogP contribution is 2.23. The van der Waals surface area contributed by atoms with E-state index in [0.717, 1.165) is 21.5 Å². The number of nitrogens with zero attached hydrogens (tertiary/aromatic N) is 3. The third kappa shape index (κ3) is 3.21. The summed E-state index contributed by atoms with van der Waals surface area (Å²) in [6.07, 6.45) is 0.691. The van der Waals surface area contributed by atoms with E-state index >= 15 is 0 Å². The molecule has 23 heavy (non-hydrogen) atoms. The summed E-state index contributed by atoms with van der Waals surface area (Å²) in [5.41, 5.74) is 1.52. The summed E-state index contributed by atoms with van der Waals surface area (Å²) in [5.74, 6) is 1.61. The van der Waals surface area contributed by atoms with Crippen molar-refractivity contribution in [2.24, 2.45) is 0 Å². The number of hydrogen-bond donors (Lipinski definition) is 2. The number of hydrogen-bond acceptors (Lipinski definition) is 5. The Morgan fingerprint density at radius 3 is 2.91 bits per heavy atom. The summed E-state index contributed by atoms with van der Waals surface area (Å²) in [6, 6.07) is 7.28. The second kappa shape index (κ2) is 6.41. The van der Waals surface area contributed by atoms with Gasteiger partial charge in [-0.15, -0.1) is 0 Å². The molecular formula is C15H16BrN5O2. The van der Waals surface area contributed by atoms with E-state index in [1.54, 1.807) is 7.11 Å². The molecule has 0 spiro atoms. The highest BCUT2D eigenvalue weighted by Gasteiger charge is 2.09. The van der Waals surface area contributed by atoms with Gasteiger partial charge in [0.15, 0.2) is 0 Å². The Labute approximate surface area is 140 Å². The van der Waals surface area contributed by atoms with Gasteiger partial charge in [-0.05, 0) is 24.6 Å². The zero-order chi connectivity index (χ0) is 16.4. The molecule has 3 aromatic rings. The molecule has 0 aliphatic rings. The molecule has 0 amide bonds. The van der Waals surface area contributed by atoms with Gasteiger partial charge in [0.1, 0.15) is 5.75 Å². The zero-order valence-corrected chi connectivity index (χ0v) is 14.3. The van der Waals surface area contributed by atoms with Crippen LogP contribution >= 0.6 is 15.9 Å². The summed E-state index contributed by atoms with van der Waals surface area (Å²) in [4.78, 5) is 20.6. The van der Waals surface area contributed by atoms with Crippen LogP contribution in [-0.4, -0.2) is 26.7 Å². The van der Waals surface area contributed by atoms with Crippen molar-refractivity contribution in [3.05, 3.63) is 50.3 Å². The molecule has 0 fully saturated rings. The SMILES string of the molecule is CCc1cc(=O)n2[nH]c(NCc3cc(Br)ccc3OC)nc2n1. The summed E-state index contributed by atoms with van der Waals surface area (Å²) in [5, 5.41) is 6.05. The van der Waals surface area contributed by atoms with Gasteiger partial charge in [-0.3, -0.25) is 9.89 Å². The molecule has 8 heteroatoms. The van der Waals surface area contributed by atoms with Crippen molar-refractivity contribution in [1.82, 2.24) is 19.6 Å². The quantitative estimate of drug-likeness (QED) is 0.712. The second-order valence-corrected chi connectivity index (χ2v) is 5.87. The lowest BCUT2D eigenvalue weighted by atomic mass is 10.2. The van der Waals surface area contributed by atoms with Crippen LogP contribution in [0.2, 0.25) is 0 Å². The Kier molecular flexibility index (Phi) is 4.33. The number of fused-ring (bicyclic) bond motifs is 1. The Morgan fingerprint density at radius 2 is 2.17 bits per heavy atom. The van der Waals surface area contributed by atoms with Crippen molar-refractivity contribution in [2.45, 2.75) is 19.9 Å². The van der Waals surface area contributed by atoms with Gasteiger partial charge in [0.25, 0.3) is 11.3 Å². The molecule has 7 nitrogen and oxygen atoms in total. The number of anilines is 1. The highest BCUT2D eigenvalue weighted by atomic mass is 79.9. The second-order valence-electron chi connectivity index (χ2n) is 4.96. The van der Waals surface area contributed by atoms with Crippen LogP contribution in [0.3, 0.4) is 0 Å². The lowest BCUT2D eigenvalue weighted by Crippen LogP contribution is -2.15. The fourth-order valence-electron chi connectivity index (χ4n) is 2.25. The number of aromatic amines is 1. The van der Waals surface area contributed by atoms with Crippen LogP contribution < -0.4 is 15.6 Å². The summed E-state index contributed by atoms with van der Waals surface area (Å²) < 4.78 is 7.62. The van der Waals surface area contributed by atoms with Crippen LogP contribution in [0.4, 0.5) is 5.95 Å². The average Bonchev–Trinajstić information content (AvgIpc) is 2.96. The predicted molar refractivity (Wildman–Crippen MR) is 91.0 cm³/mol. The smallest absolute Gasteiger partial charge is 0.274 e. The van der Waals surface area contributed by atoms with E-state index in [9.17, 15) is 4.79 Å². The minimum atomic E-state index is -0.174. The first kappa shape index (κ1) is 15.5. The topological polar surface area (TPSA) is 84.3 Å². The van der Waals surface area contributed by atoms with Gasteiger partial charge in [0.2, 0.25) is 5.95 Å². The molecular weight excluding hydrogens is 362 g/mol. The molecule has 1 aromatic carbocycles. The van der Waals surface area contributed by atoms with Crippen LogP contribution in [0.25, 0.3) is 5.78 Å². The van der Waals surface area contributed by atoms with E-state index in [2.05, 4.69) is 36.3 Å². The van der Waals surface area contributed by atoms with Crippen molar-refractivity contribution in [1.29, 1.82) is 0 Å². The first-order valence-corrected chi connectivity index (χ1v) is 7.95. The number of benzene rings is 1. The molecule has 0 atom stereocenters. The van der Waals surface area contributed by atoms with E-state index in [-0.39, 0.29) is 5.56 Å². The molecule has 120 valence electrons. The lowest BCUT2D eigenvalue weighted by Gasteiger charge is -2.09. The maximum absolute atomic E-state index is 12.0. The number of rotatable bonds is 5. The summed E-state index contributed by atoms with van der Waals surface area (Å²) in [7, 11) is 1.63. The van der Waals surface area contributed by atoms with Crippen LogP contribution in [-0.2, 0) is 13.0 Å². The monoisotopic (exact) mass is 377 g/mol. The molecule has 0 radical (unpaired) electrons. The van der Waals surface area contributed by atoms with E-state index in [4.69, 9.17) is 4.74 Å². The maximum atomic E-state index is 12.0. The van der Waals surface area contributed by atoms with Crippen LogP contribution in [0, 0.1) is 0 Å². The van der Waals surface area contributed by atoms with Crippen molar-refractivity contribution in [3.63, 3.8) is 0 Å². The predicted octanol–water partition coefficient (Wildman–Crippen LogP) is 2.36. The zero-order valence-electron chi connectivity index (χ0n) is 12.8. The van der Waals surface area contributed by atoms with Crippen molar-refractivity contribution < 1.29 is 4.74 Å². The van der Waals surface area contributed by atoms with Crippen molar-refractivity contribution >= 4 is 27.7 Å². The fraction of sp³-hybridized carbons (Fsp3) is 0.267. The normalized spacial score (nSPS) is 10.9. The third-order valence-electron chi connectivity index (χ3n) is 3.43. The standard InChI is InChI=1S/C15H16BrN5O2/c1-3-11-7-13(22)21-15(18-11)19-14(20-21)17-8-9-6-10(16)4-5-12(9)23-2/h4-7H,3,8H2,1-2H3,(H2,17,18,19,20). The highest BCUT2D eigenvalue weighted by molar-refractivity contribution is 9.10. The van der Waals surface area contributed by atoms with E-state index < -0.39 is 0 Å². The van der Waals surface area contributed by atoms with Crippen molar-refractivity contribution in [3.8, 4) is 5.75 Å². The number of aryl methyl sites for hydroxylation is 1. The molecule has 2 aromatic heterocycles. The largest absolute Gasteiger partial charge is 0.496 e. The Bertz CT molecular complexity index is 903. The molecule has 0 saturated heterocycles. The molecule has 0 saturated carbocycles. The van der Waals surface area contributed by atoms with Crippen LogP contribution in [0.15, 0.2) is 33.5 Å². The molecule has 3 rings (SSSR count).